The lowest BCUT2D eigenvalue weighted by Crippen LogP contribution is -2.12. The number of primary amides is 1. The number of carbonyl (C=O) groups excluding carboxylic acids is 2. The van der Waals surface area contributed by atoms with Gasteiger partial charge in [0, 0.05) is 6.07 Å². The van der Waals surface area contributed by atoms with Crippen LogP contribution in [0.3, 0.4) is 0 Å². The van der Waals surface area contributed by atoms with Gasteiger partial charge in [-0.05, 0) is 18.2 Å². The average molecular weight is 271 g/mol. The number of hydrogen-bond donors (Lipinski definition) is 2. The molecule has 2 aromatic heterocycles. The first-order valence-electron chi connectivity index (χ1n) is 5.60. The Morgan fingerprint density at radius 1 is 1.35 bits per heavy atom. The summed E-state index contributed by atoms with van der Waals surface area (Å²) in [5, 5.41) is 8.22. The van der Waals surface area contributed by atoms with E-state index in [4.69, 9.17) is 16.0 Å². The molecule has 0 fully saturated rings. The maximum atomic E-state index is 11.1. The SMILES string of the molecule is NC(=O)c1cc(C=O)n(-c2ccc3onc(N)c3c2)n1. The number of hydrogen-bond acceptors (Lipinski definition) is 6. The number of benzene rings is 1. The van der Waals surface area contributed by atoms with Crippen molar-refractivity contribution >= 4 is 29.0 Å². The van der Waals surface area contributed by atoms with Gasteiger partial charge >= 0.3 is 0 Å². The number of nitrogens with two attached hydrogens (primary N) is 2. The number of rotatable bonds is 3. The van der Waals surface area contributed by atoms with Crippen molar-refractivity contribution in [1.82, 2.24) is 14.9 Å². The number of anilines is 1. The van der Waals surface area contributed by atoms with Gasteiger partial charge in [-0.1, -0.05) is 5.16 Å². The van der Waals surface area contributed by atoms with Crippen molar-refractivity contribution in [2.75, 3.05) is 5.73 Å². The van der Waals surface area contributed by atoms with E-state index in [-0.39, 0.29) is 17.2 Å². The third-order valence-corrected chi connectivity index (χ3v) is 2.84. The predicted octanol–water partition coefficient (Wildman–Crippen LogP) is 0.507. The van der Waals surface area contributed by atoms with Crippen molar-refractivity contribution < 1.29 is 14.1 Å². The van der Waals surface area contributed by atoms with Crippen molar-refractivity contribution in [2.45, 2.75) is 0 Å². The second kappa shape index (κ2) is 4.19. The molecule has 0 aliphatic carbocycles. The highest BCUT2D eigenvalue weighted by Crippen LogP contribution is 2.23. The highest BCUT2D eigenvalue weighted by Gasteiger charge is 2.14. The Bertz CT molecular complexity index is 833. The number of aldehydes is 1. The number of carbonyl (C=O) groups is 2. The lowest BCUT2D eigenvalue weighted by Gasteiger charge is -2.03. The summed E-state index contributed by atoms with van der Waals surface area (Å²) in [5.74, 6) is -0.478. The van der Waals surface area contributed by atoms with Crippen molar-refractivity contribution in [1.29, 1.82) is 0 Å². The minimum Gasteiger partial charge on any atom is -0.380 e. The van der Waals surface area contributed by atoms with E-state index in [2.05, 4.69) is 10.3 Å². The highest BCUT2D eigenvalue weighted by atomic mass is 16.5. The van der Waals surface area contributed by atoms with E-state index in [1.165, 1.54) is 10.7 Å². The number of amides is 1. The van der Waals surface area contributed by atoms with Crippen LogP contribution in [0.1, 0.15) is 21.0 Å². The van der Waals surface area contributed by atoms with Gasteiger partial charge in [-0.15, -0.1) is 0 Å². The molecule has 0 aliphatic heterocycles. The minimum atomic E-state index is -0.711. The fraction of sp³-hybridized carbons (Fsp3) is 0. The van der Waals surface area contributed by atoms with Crippen LogP contribution in [0.2, 0.25) is 0 Å². The largest absolute Gasteiger partial charge is 0.380 e. The lowest BCUT2D eigenvalue weighted by atomic mass is 10.2. The smallest absolute Gasteiger partial charge is 0.269 e. The van der Waals surface area contributed by atoms with Gasteiger partial charge in [0.15, 0.2) is 23.4 Å². The molecule has 3 rings (SSSR count). The summed E-state index contributed by atoms with van der Waals surface area (Å²) in [6.45, 7) is 0. The second-order valence-corrected chi connectivity index (χ2v) is 4.10. The molecule has 0 unspecified atom stereocenters. The molecule has 8 heteroatoms. The molecule has 0 spiro atoms. The van der Waals surface area contributed by atoms with E-state index in [1.807, 2.05) is 0 Å². The maximum absolute atomic E-state index is 11.1. The topological polar surface area (TPSA) is 130 Å². The summed E-state index contributed by atoms with van der Waals surface area (Å²) in [6.07, 6.45) is 0.584. The number of nitrogens with zero attached hydrogens (tertiary/aromatic N) is 3. The first kappa shape index (κ1) is 11.9. The molecule has 20 heavy (non-hydrogen) atoms. The van der Waals surface area contributed by atoms with Crippen molar-refractivity contribution in [2.24, 2.45) is 5.73 Å². The van der Waals surface area contributed by atoms with E-state index in [9.17, 15) is 9.59 Å². The monoisotopic (exact) mass is 271 g/mol. The molecule has 4 N–H and O–H groups in total. The second-order valence-electron chi connectivity index (χ2n) is 4.10. The summed E-state index contributed by atoms with van der Waals surface area (Å²) in [7, 11) is 0. The Morgan fingerprint density at radius 3 is 2.85 bits per heavy atom. The molecule has 0 bridgehead atoms. The maximum Gasteiger partial charge on any atom is 0.269 e. The molecular weight excluding hydrogens is 262 g/mol. The van der Waals surface area contributed by atoms with Crippen LogP contribution >= 0.6 is 0 Å². The molecule has 8 nitrogen and oxygen atoms in total. The molecule has 0 radical (unpaired) electrons. The highest BCUT2D eigenvalue weighted by molar-refractivity contribution is 5.93. The molecule has 3 aromatic rings. The molecule has 0 atom stereocenters. The fourth-order valence-corrected chi connectivity index (χ4v) is 1.88. The lowest BCUT2D eigenvalue weighted by molar-refractivity contribution is 0.0995. The van der Waals surface area contributed by atoms with Gasteiger partial charge in [-0.25, -0.2) is 4.68 Å². The summed E-state index contributed by atoms with van der Waals surface area (Å²) in [4.78, 5) is 22.2. The number of nitrogen functional groups attached to an aromatic ring is 1. The van der Waals surface area contributed by atoms with Crippen LogP contribution < -0.4 is 11.5 Å². The van der Waals surface area contributed by atoms with Gasteiger partial charge in [0.05, 0.1) is 11.1 Å². The quantitative estimate of drug-likeness (QED) is 0.667. The zero-order valence-corrected chi connectivity index (χ0v) is 10.1. The van der Waals surface area contributed by atoms with Crippen molar-refractivity contribution in [3.8, 4) is 5.69 Å². The molecular formula is C12H9N5O3. The van der Waals surface area contributed by atoms with E-state index < -0.39 is 5.91 Å². The Balaban J connectivity index is 2.21. The molecule has 1 amide bonds. The van der Waals surface area contributed by atoms with Gasteiger partial charge in [-0.3, -0.25) is 9.59 Å². The van der Waals surface area contributed by atoms with E-state index in [0.717, 1.165) is 0 Å². The average Bonchev–Trinajstić information content (AvgIpc) is 3.03. The number of aromatic nitrogens is 3. The standard InChI is InChI=1S/C12H9N5O3/c13-11-8-3-6(1-2-10(8)20-16-11)17-7(5-18)4-9(15-17)12(14)19/h1-5H,(H2,13,16)(H2,14,19). The first-order chi connectivity index (χ1) is 9.60. The van der Waals surface area contributed by atoms with Gasteiger partial charge in [0.25, 0.3) is 5.91 Å². The van der Waals surface area contributed by atoms with E-state index in [1.54, 1.807) is 18.2 Å². The molecule has 2 heterocycles. The van der Waals surface area contributed by atoms with Crippen molar-refractivity contribution in [3.63, 3.8) is 0 Å². The summed E-state index contributed by atoms with van der Waals surface area (Å²) >= 11 is 0. The van der Waals surface area contributed by atoms with Crippen molar-refractivity contribution in [3.05, 3.63) is 35.7 Å². The third-order valence-electron chi connectivity index (χ3n) is 2.84. The molecule has 0 saturated carbocycles. The summed E-state index contributed by atoms with van der Waals surface area (Å²) in [6, 6.07) is 6.29. The Labute approximate surface area is 111 Å². The molecule has 100 valence electrons. The Morgan fingerprint density at radius 2 is 2.15 bits per heavy atom. The van der Waals surface area contributed by atoms with Gasteiger partial charge in [0.2, 0.25) is 0 Å². The van der Waals surface area contributed by atoms with Crippen LogP contribution in [0.25, 0.3) is 16.7 Å². The van der Waals surface area contributed by atoms with Gasteiger partial charge in [-0.2, -0.15) is 5.10 Å². The van der Waals surface area contributed by atoms with E-state index in [0.29, 0.717) is 22.9 Å². The van der Waals surface area contributed by atoms with Gasteiger partial charge in [0.1, 0.15) is 5.69 Å². The summed E-state index contributed by atoms with van der Waals surface area (Å²) in [5.41, 5.74) is 12.1. The minimum absolute atomic E-state index is 0.00508. The predicted molar refractivity (Wildman–Crippen MR) is 69.4 cm³/mol. The molecule has 1 aromatic carbocycles. The number of fused-ring (bicyclic) bond motifs is 1. The van der Waals surface area contributed by atoms with Crippen LogP contribution in [0.15, 0.2) is 28.8 Å². The zero-order valence-electron chi connectivity index (χ0n) is 10.1. The van der Waals surface area contributed by atoms with Crippen LogP contribution in [0.4, 0.5) is 5.82 Å². The first-order valence-corrected chi connectivity index (χ1v) is 5.60. The fourth-order valence-electron chi connectivity index (χ4n) is 1.88. The summed E-state index contributed by atoms with van der Waals surface area (Å²) < 4.78 is 6.30. The third kappa shape index (κ3) is 1.70. The zero-order chi connectivity index (χ0) is 14.3. The van der Waals surface area contributed by atoms with E-state index >= 15 is 0 Å². The van der Waals surface area contributed by atoms with Crippen LogP contribution in [0.5, 0.6) is 0 Å². The molecule has 0 saturated heterocycles. The van der Waals surface area contributed by atoms with Crippen LogP contribution in [0, 0.1) is 0 Å². The van der Waals surface area contributed by atoms with Crippen LogP contribution in [-0.2, 0) is 0 Å². The Kier molecular flexibility index (Phi) is 2.50. The van der Waals surface area contributed by atoms with Gasteiger partial charge < -0.3 is 16.0 Å². The van der Waals surface area contributed by atoms with Crippen LogP contribution in [-0.4, -0.2) is 27.1 Å². The molecule has 0 aliphatic rings. The Hall–Kier alpha value is -3.16. The normalized spacial score (nSPS) is 10.8.